The maximum atomic E-state index is 6.25. The van der Waals surface area contributed by atoms with Crippen molar-refractivity contribution in [2.45, 2.75) is 13.5 Å². The van der Waals surface area contributed by atoms with Crippen LogP contribution in [0, 0.1) is 6.92 Å². The number of pyridine rings is 1. The first-order chi connectivity index (χ1) is 9.16. The highest BCUT2D eigenvalue weighted by Crippen LogP contribution is 2.26. The van der Waals surface area contributed by atoms with Crippen LogP contribution in [0.4, 0.5) is 5.95 Å². The van der Waals surface area contributed by atoms with Crippen LogP contribution < -0.4 is 5.73 Å². The normalized spacial score (nSPS) is 11.1. The molecule has 1 aromatic carbocycles. The monoisotopic (exact) mass is 272 g/mol. The molecular weight excluding hydrogens is 260 g/mol. The molecule has 0 bridgehead atoms. The van der Waals surface area contributed by atoms with Crippen LogP contribution in [0.15, 0.2) is 36.7 Å². The van der Waals surface area contributed by atoms with Crippen molar-refractivity contribution < 1.29 is 0 Å². The molecule has 0 radical (unpaired) electrons. The van der Waals surface area contributed by atoms with Crippen LogP contribution >= 0.6 is 11.6 Å². The Morgan fingerprint density at radius 2 is 2.16 bits per heavy atom. The average molecular weight is 273 g/mol. The summed E-state index contributed by atoms with van der Waals surface area (Å²) in [5.74, 6) is 0.472. The minimum Gasteiger partial charge on any atom is -0.369 e. The minimum atomic E-state index is 0.472. The van der Waals surface area contributed by atoms with E-state index in [9.17, 15) is 0 Å². The lowest BCUT2D eigenvalue weighted by molar-refractivity contribution is 0.829. The number of rotatable bonds is 2. The summed E-state index contributed by atoms with van der Waals surface area (Å²) in [6.45, 7) is 2.67. The van der Waals surface area contributed by atoms with Crippen LogP contribution in [-0.4, -0.2) is 14.5 Å². The molecule has 0 unspecified atom stereocenters. The van der Waals surface area contributed by atoms with E-state index in [4.69, 9.17) is 17.3 Å². The predicted octanol–water partition coefficient (Wildman–Crippen LogP) is 3.02. The fraction of sp³-hybridized carbons (Fsp3) is 0.143. The summed E-state index contributed by atoms with van der Waals surface area (Å²) in [6, 6.07) is 7.62. The molecule has 0 fully saturated rings. The molecule has 19 heavy (non-hydrogen) atoms. The van der Waals surface area contributed by atoms with Crippen LogP contribution in [0.25, 0.3) is 11.0 Å². The Morgan fingerprint density at radius 1 is 1.32 bits per heavy atom. The summed E-state index contributed by atoms with van der Waals surface area (Å²) >= 11 is 6.25. The molecule has 2 aromatic heterocycles. The Bertz CT molecular complexity index is 748. The SMILES string of the molecule is Cc1cnccc1Cn1c(N)nc2cccc(Cl)c21. The van der Waals surface area contributed by atoms with Gasteiger partial charge in [0.1, 0.15) is 0 Å². The van der Waals surface area contributed by atoms with Crippen LogP contribution in [-0.2, 0) is 6.54 Å². The highest BCUT2D eigenvalue weighted by Gasteiger charge is 2.12. The summed E-state index contributed by atoms with van der Waals surface area (Å²) in [5.41, 5.74) is 9.96. The van der Waals surface area contributed by atoms with E-state index in [-0.39, 0.29) is 0 Å². The quantitative estimate of drug-likeness (QED) is 0.780. The Morgan fingerprint density at radius 3 is 2.95 bits per heavy atom. The molecule has 0 amide bonds. The number of hydrogen-bond acceptors (Lipinski definition) is 3. The largest absolute Gasteiger partial charge is 0.369 e. The number of aryl methyl sites for hydroxylation is 1. The topological polar surface area (TPSA) is 56.7 Å². The van der Waals surface area contributed by atoms with Crippen molar-refractivity contribution in [2.24, 2.45) is 0 Å². The summed E-state index contributed by atoms with van der Waals surface area (Å²) in [7, 11) is 0. The lowest BCUT2D eigenvalue weighted by atomic mass is 10.1. The number of nitrogen functional groups attached to an aromatic ring is 1. The van der Waals surface area contributed by atoms with Crippen molar-refractivity contribution in [3.8, 4) is 0 Å². The number of halogens is 1. The number of benzene rings is 1. The van der Waals surface area contributed by atoms with Crippen molar-refractivity contribution in [1.82, 2.24) is 14.5 Å². The number of nitrogens with zero attached hydrogens (tertiary/aromatic N) is 3. The summed E-state index contributed by atoms with van der Waals surface area (Å²) in [4.78, 5) is 8.43. The number of imidazole rings is 1. The maximum Gasteiger partial charge on any atom is 0.201 e. The zero-order valence-corrected chi connectivity index (χ0v) is 11.2. The van der Waals surface area contributed by atoms with E-state index >= 15 is 0 Å². The van der Waals surface area contributed by atoms with E-state index in [0.29, 0.717) is 17.5 Å². The first-order valence-electron chi connectivity index (χ1n) is 5.96. The molecule has 0 spiro atoms. The van der Waals surface area contributed by atoms with Gasteiger partial charge in [-0.3, -0.25) is 4.98 Å². The van der Waals surface area contributed by atoms with Crippen molar-refractivity contribution in [3.63, 3.8) is 0 Å². The molecule has 0 aliphatic heterocycles. The van der Waals surface area contributed by atoms with Crippen molar-refractivity contribution in [3.05, 3.63) is 52.8 Å². The standard InChI is InChI=1S/C14H13ClN4/c1-9-7-17-6-5-10(9)8-19-13-11(15)3-2-4-12(13)18-14(19)16/h2-7H,8H2,1H3,(H2,16,18). The lowest BCUT2D eigenvalue weighted by Gasteiger charge is -2.09. The van der Waals surface area contributed by atoms with Crippen LogP contribution in [0.5, 0.6) is 0 Å². The Kier molecular flexibility index (Phi) is 2.87. The van der Waals surface area contributed by atoms with E-state index in [2.05, 4.69) is 9.97 Å². The number of fused-ring (bicyclic) bond motifs is 1. The fourth-order valence-electron chi connectivity index (χ4n) is 2.17. The second-order valence-electron chi connectivity index (χ2n) is 4.47. The van der Waals surface area contributed by atoms with E-state index in [1.807, 2.05) is 42.0 Å². The lowest BCUT2D eigenvalue weighted by Crippen LogP contribution is -2.06. The Labute approximate surface area is 115 Å². The molecule has 0 saturated heterocycles. The van der Waals surface area contributed by atoms with Crippen molar-refractivity contribution in [1.29, 1.82) is 0 Å². The average Bonchev–Trinajstić information content (AvgIpc) is 2.70. The van der Waals surface area contributed by atoms with Gasteiger partial charge in [0.05, 0.1) is 22.6 Å². The van der Waals surface area contributed by atoms with Gasteiger partial charge < -0.3 is 10.3 Å². The van der Waals surface area contributed by atoms with Crippen molar-refractivity contribution in [2.75, 3.05) is 5.73 Å². The molecule has 5 heteroatoms. The van der Waals surface area contributed by atoms with Gasteiger partial charge in [-0.1, -0.05) is 17.7 Å². The summed E-state index contributed by atoms with van der Waals surface area (Å²) < 4.78 is 1.93. The third-order valence-corrected chi connectivity index (χ3v) is 3.52. The summed E-state index contributed by atoms with van der Waals surface area (Å²) in [6.07, 6.45) is 3.62. The molecular formula is C14H13ClN4. The van der Waals surface area contributed by atoms with Crippen LogP contribution in [0.3, 0.4) is 0 Å². The highest BCUT2D eigenvalue weighted by atomic mass is 35.5. The van der Waals surface area contributed by atoms with Crippen LogP contribution in [0.1, 0.15) is 11.1 Å². The molecule has 0 aliphatic carbocycles. The van der Waals surface area contributed by atoms with E-state index in [0.717, 1.165) is 22.2 Å². The second-order valence-corrected chi connectivity index (χ2v) is 4.87. The third-order valence-electron chi connectivity index (χ3n) is 3.21. The second kappa shape index (κ2) is 4.55. The summed E-state index contributed by atoms with van der Waals surface area (Å²) in [5, 5.41) is 0.661. The molecule has 96 valence electrons. The van der Waals surface area contributed by atoms with Gasteiger partial charge in [0.2, 0.25) is 5.95 Å². The Balaban J connectivity index is 2.16. The van der Waals surface area contributed by atoms with Gasteiger partial charge in [-0.15, -0.1) is 0 Å². The predicted molar refractivity (Wildman–Crippen MR) is 77.2 cm³/mol. The van der Waals surface area contributed by atoms with E-state index in [1.165, 1.54) is 0 Å². The van der Waals surface area contributed by atoms with Gasteiger partial charge in [0.15, 0.2) is 0 Å². The number of nitrogens with two attached hydrogens (primary N) is 1. The Hall–Kier alpha value is -2.07. The number of aromatic nitrogens is 3. The van der Waals surface area contributed by atoms with E-state index in [1.54, 1.807) is 6.20 Å². The number of para-hydroxylation sites is 1. The fourth-order valence-corrected chi connectivity index (χ4v) is 2.44. The van der Waals surface area contributed by atoms with Gasteiger partial charge >= 0.3 is 0 Å². The highest BCUT2D eigenvalue weighted by molar-refractivity contribution is 6.35. The number of anilines is 1. The van der Waals surface area contributed by atoms with E-state index < -0.39 is 0 Å². The van der Waals surface area contributed by atoms with Gasteiger partial charge in [-0.2, -0.15) is 0 Å². The third kappa shape index (κ3) is 2.04. The first kappa shape index (κ1) is 12.0. The van der Waals surface area contributed by atoms with Gasteiger partial charge in [0.25, 0.3) is 0 Å². The molecule has 3 rings (SSSR count). The molecule has 0 atom stereocenters. The molecule has 2 heterocycles. The zero-order valence-electron chi connectivity index (χ0n) is 10.5. The smallest absolute Gasteiger partial charge is 0.201 e. The van der Waals surface area contributed by atoms with Gasteiger partial charge in [0, 0.05) is 12.4 Å². The molecule has 4 nitrogen and oxygen atoms in total. The molecule has 2 N–H and O–H groups in total. The zero-order chi connectivity index (χ0) is 13.4. The minimum absolute atomic E-state index is 0.472. The maximum absolute atomic E-state index is 6.25. The van der Waals surface area contributed by atoms with Gasteiger partial charge in [-0.05, 0) is 36.2 Å². The number of hydrogen-bond donors (Lipinski definition) is 1. The van der Waals surface area contributed by atoms with Crippen molar-refractivity contribution >= 4 is 28.6 Å². The molecule has 0 aliphatic rings. The molecule has 0 saturated carbocycles. The van der Waals surface area contributed by atoms with Gasteiger partial charge in [-0.25, -0.2) is 4.98 Å². The first-order valence-corrected chi connectivity index (χ1v) is 6.34. The molecule has 3 aromatic rings. The van der Waals surface area contributed by atoms with Crippen LogP contribution in [0.2, 0.25) is 5.02 Å².